The largest absolute Gasteiger partial charge is 0.387 e. The maximum Gasteiger partial charge on any atom is 0.0510 e. The first-order valence-corrected chi connectivity index (χ1v) is 8.20. The lowest BCUT2D eigenvalue weighted by atomic mass is 10.0. The Morgan fingerprint density at radius 1 is 1.04 bits per heavy atom. The van der Waals surface area contributed by atoms with Crippen LogP contribution in [0.4, 0.5) is 5.69 Å². The van der Waals surface area contributed by atoms with Gasteiger partial charge in [0.05, 0.1) is 6.04 Å². The summed E-state index contributed by atoms with van der Waals surface area (Å²) in [5.41, 5.74) is 5.82. The Morgan fingerprint density at radius 2 is 1.78 bits per heavy atom. The van der Waals surface area contributed by atoms with Gasteiger partial charge in [0.1, 0.15) is 0 Å². The SMILES string of the molecule is Cc1cc(-c2cc(NC3CNC3)c3c(c2)=CCNC=3)cc(C)n1. The molecule has 0 spiro atoms. The van der Waals surface area contributed by atoms with Crippen LogP contribution in [0.15, 0.2) is 24.3 Å². The minimum Gasteiger partial charge on any atom is -0.387 e. The first-order valence-electron chi connectivity index (χ1n) is 8.20. The molecule has 1 fully saturated rings. The van der Waals surface area contributed by atoms with Crippen molar-refractivity contribution in [1.29, 1.82) is 0 Å². The third kappa shape index (κ3) is 2.82. The van der Waals surface area contributed by atoms with Crippen LogP contribution < -0.4 is 26.4 Å². The molecule has 0 unspecified atom stereocenters. The zero-order valence-corrected chi connectivity index (χ0v) is 13.6. The van der Waals surface area contributed by atoms with Crippen molar-refractivity contribution in [3.63, 3.8) is 0 Å². The van der Waals surface area contributed by atoms with Crippen molar-refractivity contribution in [2.24, 2.45) is 0 Å². The third-order valence-corrected chi connectivity index (χ3v) is 4.45. The van der Waals surface area contributed by atoms with E-state index in [1.165, 1.54) is 27.3 Å². The number of anilines is 1. The molecule has 0 aliphatic carbocycles. The summed E-state index contributed by atoms with van der Waals surface area (Å²) in [7, 11) is 0. The van der Waals surface area contributed by atoms with Crippen molar-refractivity contribution in [1.82, 2.24) is 15.6 Å². The van der Waals surface area contributed by atoms with Crippen molar-refractivity contribution in [2.45, 2.75) is 19.9 Å². The first-order chi connectivity index (χ1) is 11.2. The van der Waals surface area contributed by atoms with E-state index in [4.69, 9.17) is 0 Å². The molecule has 4 nitrogen and oxygen atoms in total. The van der Waals surface area contributed by atoms with Crippen LogP contribution in [-0.2, 0) is 0 Å². The van der Waals surface area contributed by atoms with E-state index in [9.17, 15) is 0 Å². The Balaban J connectivity index is 1.85. The maximum atomic E-state index is 4.49. The first kappa shape index (κ1) is 14.3. The molecule has 2 aliphatic heterocycles. The van der Waals surface area contributed by atoms with Crippen LogP contribution >= 0.6 is 0 Å². The Hall–Kier alpha value is -2.33. The normalized spacial score (nSPS) is 16.4. The van der Waals surface area contributed by atoms with E-state index in [2.05, 4.69) is 71.3 Å². The fourth-order valence-electron chi connectivity index (χ4n) is 3.23. The van der Waals surface area contributed by atoms with Gasteiger partial charge in [-0.15, -0.1) is 0 Å². The molecule has 118 valence electrons. The summed E-state index contributed by atoms with van der Waals surface area (Å²) in [4.78, 5) is 4.49. The predicted molar refractivity (Wildman–Crippen MR) is 95.6 cm³/mol. The Bertz CT molecular complexity index is 845. The fraction of sp³-hybridized carbons (Fsp3) is 0.316. The number of aryl methyl sites for hydroxylation is 2. The highest BCUT2D eigenvalue weighted by atomic mass is 15.1. The number of nitrogens with one attached hydrogen (secondary N) is 3. The highest BCUT2D eigenvalue weighted by molar-refractivity contribution is 5.71. The number of nitrogens with zero attached hydrogens (tertiary/aromatic N) is 1. The molecule has 0 amide bonds. The van der Waals surface area contributed by atoms with Gasteiger partial charge < -0.3 is 16.0 Å². The molecule has 0 radical (unpaired) electrons. The van der Waals surface area contributed by atoms with Gasteiger partial charge in [0.2, 0.25) is 0 Å². The van der Waals surface area contributed by atoms with Crippen LogP contribution in [-0.4, -0.2) is 30.7 Å². The van der Waals surface area contributed by atoms with Crippen molar-refractivity contribution >= 4 is 18.0 Å². The van der Waals surface area contributed by atoms with Gasteiger partial charge in [0.15, 0.2) is 0 Å². The Labute approximate surface area is 136 Å². The standard InChI is InChI=1S/C19H22N4/c1-12-5-15(6-13(2)22-12)16-7-14-3-4-20-11-18(14)19(8-16)23-17-9-21-10-17/h3,5-8,11,17,20-21,23H,4,9-10H2,1-2H3. The summed E-state index contributed by atoms with van der Waals surface area (Å²) < 4.78 is 0. The van der Waals surface area contributed by atoms with E-state index >= 15 is 0 Å². The number of aromatic nitrogens is 1. The zero-order chi connectivity index (χ0) is 15.8. The molecule has 0 bridgehead atoms. The molecule has 3 heterocycles. The predicted octanol–water partition coefficient (Wildman–Crippen LogP) is 0.871. The highest BCUT2D eigenvalue weighted by Gasteiger charge is 2.17. The van der Waals surface area contributed by atoms with Gasteiger partial charge in [0, 0.05) is 48.1 Å². The topological polar surface area (TPSA) is 49.0 Å². The summed E-state index contributed by atoms with van der Waals surface area (Å²) in [5.74, 6) is 0. The smallest absolute Gasteiger partial charge is 0.0510 e. The van der Waals surface area contributed by atoms with E-state index in [0.29, 0.717) is 6.04 Å². The van der Waals surface area contributed by atoms with Crippen LogP contribution in [0.3, 0.4) is 0 Å². The summed E-state index contributed by atoms with van der Waals surface area (Å²) in [6, 6.07) is 9.39. The molecular weight excluding hydrogens is 284 g/mol. The van der Waals surface area contributed by atoms with Crippen LogP contribution in [0, 0.1) is 13.8 Å². The van der Waals surface area contributed by atoms with Crippen molar-refractivity contribution < 1.29 is 0 Å². The van der Waals surface area contributed by atoms with E-state index in [0.717, 1.165) is 31.0 Å². The number of pyridine rings is 1. The lowest BCUT2D eigenvalue weighted by Crippen LogP contribution is -2.52. The van der Waals surface area contributed by atoms with Crippen molar-refractivity contribution in [2.75, 3.05) is 25.0 Å². The fourth-order valence-corrected chi connectivity index (χ4v) is 3.23. The number of fused-ring (bicyclic) bond motifs is 1. The van der Waals surface area contributed by atoms with Crippen LogP contribution in [0.5, 0.6) is 0 Å². The Kier molecular flexibility index (Phi) is 3.54. The minimum absolute atomic E-state index is 0.519. The zero-order valence-electron chi connectivity index (χ0n) is 13.6. The summed E-state index contributed by atoms with van der Waals surface area (Å²) >= 11 is 0. The molecule has 4 rings (SSSR count). The summed E-state index contributed by atoms with van der Waals surface area (Å²) in [5, 5.41) is 12.9. The average molecular weight is 306 g/mol. The molecule has 2 aliphatic rings. The molecule has 3 N–H and O–H groups in total. The van der Waals surface area contributed by atoms with Crippen molar-refractivity contribution in [3.05, 3.63) is 46.1 Å². The van der Waals surface area contributed by atoms with Gasteiger partial charge in [0.25, 0.3) is 0 Å². The van der Waals surface area contributed by atoms with Crippen LogP contribution in [0.25, 0.3) is 23.4 Å². The number of benzene rings is 1. The number of rotatable bonds is 3. The lowest BCUT2D eigenvalue weighted by molar-refractivity contribution is 0.472. The van der Waals surface area contributed by atoms with E-state index < -0.39 is 0 Å². The number of hydrogen-bond acceptors (Lipinski definition) is 4. The summed E-state index contributed by atoms with van der Waals surface area (Å²) in [6.45, 7) is 7.05. The third-order valence-electron chi connectivity index (χ3n) is 4.45. The molecule has 0 saturated carbocycles. The molecule has 0 atom stereocenters. The van der Waals surface area contributed by atoms with Gasteiger partial charge in [-0.25, -0.2) is 0 Å². The van der Waals surface area contributed by atoms with E-state index in [1.807, 2.05) is 0 Å². The second-order valence-corrected chi connectivity index (χ2v) is 6.42. The Morgan fingerprint density at radius 3 is 2.48 bits per heavy atom. The summed E-state index contributed by atoms with van der Waals surface area (Å²) in [6.07, 6.45) is 4.38. The molecule has 1 saturated heterocycles. The highest BCUT2D eigenvalue weighted by Crippen LogP contribution is 2.21. The monoisotopic (exact) mass is 306 g/mol. The van der Waals surface area contributed by atoms with Crippen LogP contribution in [0.1, 0.15) is 11.4 Å². The molecule has 1 aromatic heterocycles. The van der Waals surface area contributed by atoms with E-state index in [1.54, 1.807) is 0 Å². The van der Waals surface area contributed by atoms with Gasteiger partial charge in [-0.2, -0.15) is 0 Å². The number of hydrogen-bond donors (Lipinski definition) is 3. The quantitative estimate of drug-likeness (QED) is 0.788. The lowest BCUT2D eigenvalue weighted by Gasteiger charge is -2.29. The molecule has 23 heavy (non-hydrogen) atoms. The molecule has 1 aromatic carbocycles. The van der Waals surface area contributed by atoms with E-state index in [-0.39, 0.29) is 0 Å². The second-order valence-electron chi connectivity index (χ2n) is 6.42. The van der Waals surface area contributed by atoms with Crippen LogP contribution in [0.2, 0.25) is 0 Å². The maximum absolute atomic E-state index is 4.49. The molecule has 4 heteroatoms. The molecular formula is C19H22N4. The van der Waals surface area contributed by atoms with Gasteiger partial charge in [-0.1, -0.05) is 6.08 Å². The second kappa shape index (κ2) is 5.70. The van der Waals surface area contributed by atoms with Gasteiger partial charge in [-0.3, -0.25) is 4.98 Å². The minimum atomic E-state index is 0.519. The van der Waals surface area contributed by atoms with Gasteiger partial charge >= 0.3 is 0 Å². The van der Waals surface area contributed by atoms with Gasteiger partial charge in [-0.05, 0) is 54.5 Å². The molecule has 2 aromatic rings. The van der Waals surface area contributed by atoms with Crippen molar-refractivity contribution in [3.8, 4) is 11.1 Å². The average Bonchev–Trinajstić information content (AvgIpc) is 2.49.